The first-order valence-electron chi connectivity index (χ1n) is 5.46. The van der Waals surface area contributed by atoms with E-state index < -0.39 is 25.7 Å². The Bertz CT molecular complexity index is 457. The SMILES string of the molecule is CC1(C)C2CC[C@@]1(C)C(=O)C2[Se]OS(=O)(=O)O. The fourth-order valence-corrected chi connectivity index (χ4v) is 6.56. The molecule has 3 atom stereocenters. The van der Waals surface area contributed by atoms with Crippen LogP contribution in [0.5, 0.6) is 0 Å². The van der Waals surface area contributed by atoms with Gasteiger partial charge in [-0.1, -0.05) is 0 Å². The zero-order valence-corrected chi connectivity index (χ0v) is 12.5. The van der Waals surface area contributed by atoms with Crippen molar-refractivity contribution in [3.05, 3.63) is 0 Å². The van der Waals surface area contributed by atoms with Crippen molar-refractivity contribution in [1.29, 1.82) is 0 Å². The molecule has 1 N–H and O–H groups in total. The number of hydrogen-bond donors (Lipinski definition) is 1. The number of rotatable bonds is 3. The monoisotopic (exact) mass is 328 g/mol. The average molecular weight is 327 g/mol. The number of fused-ring (bicyclic) bond motifs is 2. The molecule has 0 aliphatic heterocycles. The van der Waals surface area contributed by atoms with Crippen molar-refractivity contribution >= 4 is 31.5 Å². The van der Waals surface area contributed by atoms with E-state index >= 15 is 0 Å². The van der Waals surface area contributed by atoms with E-state index in [1.165, 1.54) is 0 Å². The van der Waals surface area contributed by atoms with Crippen molar-refractivity contribution in [2.75, 3.05) is 0 Å². The summed E-state index contributed by atoms with van der Waals surface area (Å²) in [5, 5.41) is 0. The Balaban J connectivity index is 2.21. The van der Waals surface area contributed by atoms with Gasteiger partial charge in [-0.2, -0.15) is 0 Å². The molecular formula is C10H16O5SSe. The summed E-state index contributed by atoms with van der Waals surface area (Å²) in [4.78, 5) is 11.9. The Morgan fingerprint density at radius 2 is 2.00 bits per heavy atom. The van der Waals surface area contributed by atoms with Crippen LogP contribution in [-0.4, -0.2) is 34.0 Å². The van der Waals surface area contributed by atoms with Gasteiger partial charge in [0.15, 0.2) is 0 Å². The van der Waals surface area contributed by atoms with Crippen molar-refractivity contribution in [2.45, 2.75) is 38.4 Å². The van der Waals surface area contributed by atoms with E-state index in [2.05, 4.69) is 17.1 Å². The van der Waals surface area contributed by atoms with Crippen LogP contribution >= 0.6 is 0 Å². The topological polar surface area (TPSA) is 80.7 Å². The molecule has 0 heterocycles. The van der Waals surface area contributed by atoms with Crippen molar-refractivity contribution in [3.8, 4) is 0 Å². The molecule has 98 valence electrons. The maximum absolute atomic E-state index is 12.3. The van der Waals surface area contributed by atoms with Crippen molar-refractivity contribution in [3.63, 3.8) is 0 Å². The van der Waals surface area contributed by atoms with Gasteiger partial charge in [0, 0.05) is 0 Å². The Morgan fingerprint density at radius 1 is 1.41 bits per heavy atom. The molecule has 2 fully saturated rings. The van der Waals surface area contributed by atoms with Gasteiger partial charge in [-0.05, 0) is 0 Å². The molecular weight excluding hydrogens is 311 g/mol. The van der Waals surface area contributed by atoms with Crippen LogP contribution in [0.15, 0.2) is 0 Å². The predicted octanol–water partition coefficient (Wildman–Crippen LogP) is 1.24. The zero-order chi connectivity index (χ0) is 13.1. The molecule has 0 aromatic carbocycles. The Kier molecular flexibility index (Phi) is 3.00. The molecule has 2 aliphatic rings. The molecule has 0 spiro atoms. The summed E-state index contributed by atoms with van der Waals surface area (Å²) in [6.07, 6.45) is 1.79. The van der Waals surface area contributed by atoms with Gasteiger partial charge in [-0.25, -0.2) is 0 Å². The van der Waals surface area contributed by atoms with Crippen LogP contribution in [0, 0.1) is 16.7 Å². The van der Waals surface area contributed by atoms with E-state index in [1.54, 1.807) is 0 Å². The quantitative estimate of drug-likeness (QED) is 0.623. The number of carbonyl (C=O) groups is 1. The van der Waals surface area contributed by atoms with Crippen LogP contribution in [0.3, 0.4) is 0 Å². The summed E-state index contributed by atoms with van der Waals surface area (Å²) >= 11 is -0.842. The molecule has 0 saturated heterocycles. The fraction of sp³-hybridized carbons (Fsp3) is 0.900. The van der Waals surface area contributed by atoms with Crippen LogP contribution in [0.25, 0.3) is 0 Å². The molecule has 0 aromatic heterocycles. The first kappa shape index (κ1) is 13.5. The van der Waals surface area contributed by atoms with Gasteiger partial charge in [0.1, 0.15) is 0 Å². The van der Waals surface area contributed by atoms with Gasteiger partial charge in [0.2, 0.25) is 0 Å². The summed E-state index contributed by atoms with van der Waals surface area (Å²) in [5.41, 5.74) is -0.480. The third kappa shape index (κ3) is 1.88. The van der Waals surface area contributed by atoms with Crippen molar-refractivity contribution in [1.82, 2.24) is 0 Å². The first-order chi connectivity index (χ1) is 7.59. The summed E-state index contributed by atoms with van der Waals surface area (Å²) in [7, 11) is -4.43. The van der Waals surface area contributed by atoms with Gasteiger partial charge in [0.25, 0.3) is 0 Å². The van der Waals surface area contributed by atoms with Gasteiger partial charge in [-0.15, -0.1) is 0 Å². The molecule has 17 heavy (non-hydrogen) atoms. The van der Waals surface area contributed by atoms with Crippen LogP contribution in [-0.2, 0) is 18.5 Å². The number of ketones is 1. The Morgan fingerprint density at radius 3 is 2.41 bits per heavy atom. The third-order valence-corrected chi connectivity index (χ3v) is 8.10. The van der Waals surface area contributed by atoms with Crippen molar-refractivity contribution < 1.29 is 21.0 Å². The standard InChI is InChI=1S/C10H16O5SSe/c1-9(2)6-4-5-10(9,3)8(11)7(6)17-15-16(12,13)14/h6-7H,4-5H2,1-3H3,(H,12,13,14)/t6?,7?,10-/m0/s1. The van der Waals surface area contributed by atoms with Crippen LogP contribution in [0.1, 0.15) is 33.6 Å². The van der Waals surface area contributed by atoms with Crippen molar-refractivity contribution in [2.24, 2.45) is 16.7 Å². The molecule has 2 bridgehead atoms. The Hall–Kier alpha value is 0.0595. The summed E-state index contributed by atoms with van der Waals surface area (Å²) in [6, 6.07) is 0. The minimum atomic E-state index is -4.43. The molecule has 2 rings (SSSR count). The maximum atomic E-state index is 12.3. The summed E-state index contributed by atoms with van der Waals surface area (Å²) in [5.74, 6) is 0.268. The number of hydrogen-bond acceptors (Lipinski definition) is 4. The molecule has 2 aliphatic carbocycles. The summed E-state index contributed by atoms with van der Waals surface area (Å²) < 4.78 is 34.2. The Labute approximate surface area is 108 Å². The molecule has 0 amide bonds. The van der Waals surface area contributed by atoms with Gasteiger partial charge >= 0.3 is 108 Å². The van der Waals surface area contributed by atoms with Crippen LogP contribution in [0.4, 0.5) is 0 Å². The first-order valence-corrected chi connectivity index (χ1v) is 8.52. The molecule has 0 radical (unpaired) electrons. The number of carbonyl (C=O) groups excluding carboxylic acids is 1. The molecule has 2 saturated carbocycles. The van der Waals surface area contributed by atoms with E-state index in [0.29, 0.717) is 0 Å². The second-order valence-corrected chi connectivity index (χ2v) is 8.89. The van der Waals surface area contributed by atoms with E-state index in [0.717, 1.165) is 12.8 Å². The normalized spacial score (nSPS) is 39.9. The van der Waals surface area contributed by atoms with Gasteiger partial charge in [-0.3, -0.25) is 0 Å². The second kappa shape index (κ2) is 3.78. The van der Waals surface area contributed by atoms with Crippen LogP contribution < -0.4 is 0 Å². The predicted molar refractivity (Wildman–Crippen MR) is 61.8 cm³/mol. The molecule has 7 heteroatoms. The summed E-state index contributed by atoms with van der Waals surface area (Å²) in [6.45, 7) is 6.08. The molecule has 0 aromatic rings. The third-order valence-electron chi connectivity index (χ3n) is 4.70. The van der Waals surface area contributed by atoms with E-state index in [4.69, 9.17) is 4.55 Å². The van der Waals surface area contributed by atoms with Gasteiger partial charge < -0.3 is 0 Å². The van der Waals surface area contributed by atoms with Gasteiger partial charge in [0.05, 0.1) is 0 Å². The fourth-order valence-electron chi connectivity index (χ4n) is 3.21. The van der Waals surface area contributed by atoms with E-state index in [9.17, 15) is 13.2 Å². The molecule has 5 nitrogen and oxygen atoms in total. The average Bonchev–Trinajstić information content (AvgIpc) is 2.46. The van der Waals surface area contributed by atoms with E-state index in [-0.39, 0.29) is 27.3 Å². The second-order valence-electron chi connectivity index (χ2n) is 5.58. The number of Topliss-reactive ketones (excluding diaryl/α,β-unsaturated/α-hetero) is 1. The molecule has 2 unspecified atom stereocenters. The van der Waals surface area contributed by atoms with E-state index in [1.807, 2.05) is 6.92 Å². The minimum absolute atomic E-state index is 0.0994. The zero-order valence-electron chi connectivity index (χ0n) is 9.97. The van der Waals surface area contributed by atoms with Crippen LogP contribution in [0.2, 0.25) is 4.82 Å².